The van der Waals surface area contributed by atoms with E-state index in [1.807, 2.05) is 0 Å². The second kappa shape index (κ2) is 6.17. The molecule has 1 saturated heterocycles. The summed E-state index contributed by atoms with van der Waals surface area (Å²) in [6, 6.07) is 8.62. The van der Waals surface area contributed by atoms with E-state index in [1.54, 1.807) is 0 Å². The summed E-state index contributed by atoms with van der Waals surface area (Å²) in [6.45, 7) is 0.884. The topological polar surface area (TPSA) is 35.2 Å². The molecule has 0 radical (unpaired) electrons. The highest BCUT2D eigenvalue weighted by atomic mass is 79.9. The Labute approximate surface area is 130 Å². The molecule has 1 saturated carbocycles. The van der Waals surface area contributed by atoms with Gasteiger partial charge in [0, 0.05) is 17.1 Å². The van der Waals surface area contributed by atoms with Gasteiger partial charge in [0.1, 0.15) is 0 Å². The van der Waals surface area contributed by atoms with Gasteiger partial charge in [-0.15, -0.1) is 0 Å². The first-order valence-corrected chi connectivity index (χ1v) is 8.63. The third-order valence-electron chi connectivity index (χ3n) is 5.06. The first kappa shape index (κ1) is 14.6. The van der Waals surface area contributed by atoms with E-state index in [0.29, 0.717) is 5.92 Å². The fourth-order valence-electron chi connectivity index (χ4n) is 3.87. The first-order chi connectivity index (χ1) is 9.69. The van der Waals surface area contributed by atoms with Gasteiger partial charge in [0.05, 0.1) is 5.60 Å². The largest absolute Gasteiger partial charge is 0.375 e. The van der Waals surface area contributed by atoms with Gasteiger partial charge in [-0.25, -0.2) is 0 Å². The number of benzene rings is 1. The van der Waals surface area contributed by atoms with Crippen molar-refractivity contribution in [3.63, 3.8) is 0 Å². The summed E-state index contributed by atoms with van der Waals surface area (Å²) in [5.41, 5.74) is 7.94. The summed E-state index contributed by atoms with van der Waals surface area (Å²) < 4.78 is 7.29. The van der Waals surface area contributed by atoms with Crippen molar-refractivity contribution in [3.8, 4) is 0 Å². The van der Waals surface area contributed by atoms with Gasteiger partial charge in [-0.3, -0.25) is 0 Å². The van der Waals surface area contributed by atoms with Gasteiger partial charge >= 0.3 is 0 Å². The molecule has 2 N–H and O–H groups in total. The summed E-state index contributed by atoms with van der Waals surface area (Å²) in [5, 5.41) is 0. The molecule has 1 aromatic rings. The van der Waals surface area contributed by atoms with Gasteiger partial charge in [-0.05, 0) is 49.3 Å². The van der Waals surface area contributed by atoms with Gasteiger partial charge in [-0.1, -0.05) is 47.3 Å². The van der Waals surface area contributed by atoms with Crippen LogP contribution in [-0.4, -0.2) is 12.2 Å². The van der Waals surface area contributed by atoms with Crippen molar-refractivity contribution < 1.29 is 4.74 Å². The molecule has 0 aromatic heterocycles. The van der Waals surface area contributed by atoms with Crippen LogP contribution in [0.2, 0.25) is 0 Å². The quantitative estimate of drug-likeness (QED) is 0.857. The molecule has 2 atom stereocenters. The third-order valence-corrected chi connectivity index (χ3v) is 5.59. The first-order valence-electron chi connectivity index (χ1n) is 7.84. The highest BCUT2D eigenvalue weighted by Crippen LogP contribution is 2.43. The summed E-state index contributed by atoms with van der Waals surface area (Å²) in [6.07, 6.45) is 8.71. The number of hydrogen-bond acceptors (Lipinski definition) is 2. The smallest absolute Gasteiger partial charge is 0.0685 e. The van der Waals surface area contributed by atoms with Crippen LogP contribution in [0.3, 0.4) is 0 Å². The molecule has 1 aliphatic carbocycles. The van der Waals surface area contributed by atoms with Crippen LogP contribution in [-0.2, 0) is 4.74 Å². The Balaban J connectivity index is 1.71. The maximum absolute atomic E-state index is 6.54. The van der Waals surface area contributed by atoms with E-state index in [1.165, 1.54) is 37.7 Å². The molecular formula is C17H24BrNO. The minimum absolute atomic E-state index is 0.144. The SMILES string of the molecule is NC(c1ccc(Br)cc1)C1CCOC2(CCCCC2)C1. The average molecular weight is 338 g/mol. The molecule has 1 spiro atoms. The molecule has 1 aromatic carbocycles. The highest BCUT2D eigenvalue weighted by molar-refractivity contribution is 9.10. The van der Waals surface area contributed by atoms with Crippen molar-refractivity contribution in [1.82, 2.24) is 0 Å². The maximum Gasteiger partial charge on any atom is 0.0685 e. The second-order valence-corrected chi connectivity index (χ2v) is 7.34. The summed E-state index contributed by atoms with van der Waals surface area (Å²) in [4.78, 5) is 0. The molecule has 0 bridgehead atoms. The minimum Gasteiger partial charge on any atom is -0.375 e. The minimum atomic E-state index is 0.144. The maximum atomic E-state index is 6.54. The number of ether oxygens (including phenoxy) is 1. The lowest BCUT2D eigenvalue weighted by atomic mass is 9.73. The van der Waals surface area contributed by atoms with Gasteiger partial charge in [0.25, 0.3) is 0 Å². The predicted molar refractivity (Wildman–Crippen MR) is 85.6 cm³/mol. The highest BCUT2D eigenvalue weighted by Gasteiger charge is 2.40. The molecule has 2 unspecified atom stereocenters. The van der Waals surface area contributed by atoms with E-state index in [2.05, 4.69) is 40.2 Å². The number of nitrogens with two attached hydrogens (primary N) is 1. The van der Waals surface area contributed by atoms with Gasteiger partial charge in [-0.2, -0.15) is 0 Å². The van der Waals surface area contributed by atoms with Crippen LogP contribution in [0.15, 0.2) is 28.7 Å². The zero-order chi connectivity index (χ0) is 14.0. The van der Waals surface area contributed by atoms with Gasteiger partial charge < -0.3 is 10.5 Å². The van der Waals surface area contributed by atoms with Crippen molar-refractivity contribution >= 4 is 15.9 Å². The van der Waals surface area contributed by atoms with E-state index in [0.717, 1.165) is 23.9 Å². The lowest BCUT2D eigenvalue weighted by Crippen LogP contribution is -2.44. The van der Waals surface area contributed by atoms with Crippen molar-refractivity contribution in [2.24, 2.45) is 11.7 Å². The van der Waals surface area contributed by atoms with E-state index >= 15 is 0 Å². The molecule has 110 valence electrons. The van der Waals surface area contributed by atoms with E-state index in [4.69, 9.17) is 10.5 Å². The van der Waals surface area contributed by atoms with Gasteiger partial charge in [0.2, 0.25) is 0 Å². The van der Waals surface area contributed by atoms with Crippen LogP contribution in [0.1, 0.15) is 56.6 Å². The molecule has 3 heteroatoms. The Morgan fingerprint density at radius 1 is 1.15 bits per heavy atom. The fraction of sp³-hybridized carbons (Fsp3) is 0.647. The Hall–Kier alpha value is -0.380. The number of rotatable bonds is 2. The summed E-state index contributed by atoms with van der Waals surface area (Å²) in [5.74, 6) is 0.558. The summed E-state index contributed by atoms with van der Waals surface area (Å²) in [7, 11) is 0. The molecule has 1 heterocycles. The van der Waals surface area contributed by atoms with E-state index in [9.17, 15) is 0 Å². The zero-order valence-corrected chi connectivity index (χ0v) is 13.6. The number of halogens is 1. The van der Waals surface area contributed by atoms with Crippen molar-refractivity contribution in [2.75, 3.05) is 6.61 Å². The molecule has 2 aliphatic rings. The summed E-state index contributed by atoms with van der Waals surface area (Å²) >= 11 is 3.49. The molecule has 0 amide bonds. The molecular weight excluding hydrogens is 314 g/mol. The fourth-order valence-corrected chi connectivity index (χ4v) is 4.14. The van der Waals surface area contributed by atoms with Crippen LogP contribution in [0, 0.1) is 5.92 Å². The monoisotopic (exact) mass is 337 g/mol. The third kappa shape index (κ3) is 3.10. The zero-order valence-electron chi connectivity index (χ0n) is 12.0. The Morgan fingerprint density at radius 2 is 1.85 bits per heavy atom. The molecule has 2 fully saturated rings. The van der Waals surface area contributed by atoms with Crippen LogP contribution < -0.4 is 5.73 Å². The van der Waals surface area contributed by atoms with Crippen LogP contribution in [0.25, 0.3) is 0 Å². The van der Waals surface area contributed by atoms with E-state index in [-0.39, 0.29) is 11.6 Å². The van der Waals surface area contributed by atoms with Crippen LogP contribution in [0.5, 0.6) is 0 Å². The Bertz CT molecular complexity index is 433. The average Bonchev–Trinajstić information content (AvgIpc) is 2.48. The number of hydrogen-bond donors (Lipinski definition) is 1. The molecule has 2 nitrogen and oxygen atoms in total. The Morgan fingerprint density at radius 3 is 2.55 bits per heavy atom. The lowest BCUT2D eigenvalue weighted by Gasteiger charge is -2.45. The van der Waals surface area contributed by atoms with Crippen molar-refractivity contribution in [1.29, 1.82) is 0 Å². The Kier molecular flexibility index (Phi) is 4.49. The van der Waals surface area contributed by atoms with Crippen LogP contribution >= 0.6 is 15.9 Å². The molecule has 3 rings (SSSR count). The predicted octanol–water partition coefficient (Wildman–Crippen LogP) is 4.58. The normalized spacial score (nSPS) is 27.4. The van der Waals surface area contributed by atoms with Crippen LogP contribution in [0.4, 0.5) is 0 Å². The standard InChI is InChI=1S/C17H24BrNO/c18-15-6-4-13(5-7-15)16(19)14-8-11-20-17(12-14)9-2-1-3-10-17/h4-7,14,16H,1-3,8-12,19H2. The van der Waals surface area contributed by atoms with Crippen molar-refractivity contribution in [2.45, 2.75) is 56.6 Å². The molecule has 1 aliphatic heterocycles. The van der Waals surface area contributed by atoms with Crippen molar-refractivity contribution in [3.05, 3.63) is 34.3 Å². The van der Waals surface area contributed by atoms with Gasteiger partial charge in [0.15, 0.2) is 0 Å². The second-order valence-electron chi connectivity index (χ2n) is 6.42. The van der Waals surface area contributed by atoms with E-state index < -0.39 is 0 Å². The lowest BCUT2D eigenvalue weighted by molar-refractivity contribution is -0.120. The molecule has 20 heavy (non-hydrogen) atoms.